The number of carbonyl (C=O) groups excluding carboxylic acids is 1. The van der Waals surface area contributed by atoms with Gasteiger partial charge in [-0.3, -0.25) is 0 Å². The van der Waals surface area contributed by atoms with E-state index in [2.05, 4.69) is 45.2 Å². The van der Waals surface area contributed by atoms with Crippen LogP contribution in [-0.4, -0.2) is 37.6 Å². The second kappa shape index (κ2) is 11.9. The van der Waals surface area contributed by atoms with Crippen LogP contribution in [0, 0.1) is 7.14 Å². The quantitative estimate of drug-likeness (QED) is 0.125. The lowest BCUT2D eigenvalue weighted by molar-refractivity contribution is -0.137. The van der Waals surface area contributed by atoms with Crippen molar-refractivity contribution in [1.29, 1.82) is 0 Å². The Balaban J connectivity index is 2.01. The summed E-state index contributed by atoms with van der Waals surface area (Å²) in [7, 11) is 0. The monoisotopic (exact) mass is 608 g/mol. The average molecular weight is 609 g/mol. The number of carbonyl (C=O) groups is 1. The molecule has 0 N–H and O–H groups in total. The molecule has 0 bridgehead atoms. The zero-order chi connectivity index (χ0) is 18.9. The summed E-state index contributed by atoms with van der Waals surface area (Å²) < 4.78 is 24.0. The van der Waals surface area contributed by atoms with Crippen LogP contribution < -0.4 is 4.74 Å². The molecule has 2 rings (SSSR count). The van der Waals surface area contributed by atoms with Crippen molar-refractivity contribution in [2.75, 3.05) is 19.3 Å². The fourth-order valence-electron chi connectivity index (χ4n) is 2.83. The molecule has 1 unspecified atom stereocenters. The SMILES string of the molecule is CC(OC(=O)c1cc(I)cc(I)c1OCCOCCl)OC1CCCCC1. The smallest absolute Gasteiger partial charge is 0.344 e. The van der Waals surface area contributed by atoms with Crippen LogP contribution in [0.1, 0.15) is 49.4 Å². The average Bonchev–Trinajstić information content (AvgIpc) is 2.60. The molecule has 146 valence electrons. The molecule has 1 aromatic carbocycles. The highest BCUT2D eigenvalue weighted by Crippen LogP contribution is 2.30. The number of hydrogen-bond donors (Lipinski definition) is 0. The lowest BCUT2D eigenvalue weighted by Gasteiger charge is -2.25. The third-order valence-electron chi connectivity index (χ3n) is 3.99. The second-order valence-corrected chi connectivity index (χ2v) is 8.63. The molecule has 5 nitrogen and oxygen atoms in total. The van der Waals surface area contributed by atoms with Gasteiger partial charge in [-0.25, -0.2) is 4.79 Å². The summed E-state index contributed by atoms with van der Waals surface area (Å²) in [5.74, 6) is 0.0528. The summed E-state index contributed by atoms with van der Waals surface area (Å²) in [4.78, 5) is 12.7. The van der Waals surface area contributed by atoms with Gasteiger partial charge in [0.2, 0.25) is 6.29 Å². The van der Waals surface area contributed by atoms with E-state index in [9.17, 15) is 4.79 Å². The largest absolute Gasteiger partial charge is 0.489 e. The van der Waals surface area contributed by atoms with Crippen LogP contribution in [0.15, 0.2) is 12.1 Å². The van der Waals surface area contributed by atoms with Crippen molar-refractivity contribution in [3.8, 4) is 5.75 Å². The molecular formula is C18H23ClI2O5. The van der Waals surface area contributed by atoms with Gasteiger partial charge in [0.25, 0.3) is 0 Å². The number of esters is 1. The molecule has 1 aliphatic rings. The first-order chi connectivity index (χ1) is 12.5. The van der Waals surface area contributed by atoms with Crippen molar-refractivity contribution in [2.24, 2.45) is 0 Å². The Labute approximate surface area is 186 Å². The van der Waals surface area contributed by atoms with Crippen LogP contribution in [0.25, 0.3) is 0 Å². The number of rotatable bonds is 9. The molecule has 8 heteroatoms. The number of ether oxygens (including phenoxy) is 4. The van der Waals surface area contributed by atoms with Gasteiger partial charge in [0.05, 0.1) is 16.3 Å². The summed E-state index contributed by atoms with van der Waals surface area (Å²) in [6.45, 7) is 2.42. The Morgan fingerprint density at radius 3 is 2.65 bits per heavy atom. The first-order valence-electron chi connectivity index (χ1n) is 8.63. The highest BCUT2D eigenvalue weighted by Gasteiger charge is 2.23. The van der Waals surface area contributed by atoms with E-state index < -0.39 is 12.3 Å². The molecule has 0 amide bonds. The lowest BCUT2D eigenvalue weighted by Crippen LogP contribution is -2.26. The van der Waals surface area contributed by atoms with E-state index in [-0.39, 0.29) is 12.2 Å². The van der Waals surface area contributed by atoms with Gasteiger partial charge < -0.3 is 18.9 Å². The molecule has 1 fully saturated rings. The highest BCUT2D eigenvalue weighted by molar-refractivity contribution is 14.1. The van der Waals surface area contributed by atoms with Gasteiger partial charge >= 0.3 is 5.97 Å². The molecule has 0 heterocycles. The maximum atomic E-state index is 12.7. The Kier molecular flexibility index (Phi) is 10.3. The van der Waals surface area contributed by atoms with Crippen LogP contribution in [0.4, 0.5) is 0 Å². The molecule has 0 radical (unpaired) electrons. The first kappa shape index (κ1) is 22.4. The van der Waals surface area contributed by atoms with Crippen molar-refractivity contribution < 1.29 is 23.7 Å². The first-order valence-corrected chi connectivity index (χ1v) is 11.3. The van der Waals surface area contributed by atoms with Gasteiger partial charge in [0, 0.05) is 3.57 Å². The molecule has 0 saturated heterocycles. The Morgan fingerprint density at radius 1 is 1.23 bits per heavy atom. The van der Waals surface area contributed by atoms with Gasteiger partial charge in [-0.1, -0.05) is 30.9 Å². The van der Waals surface area contributed by atoms with Crippen LogP contribution in [0.5, 0.6) is 5.75 Å². The summed E-state index contributed by atoms with van der Waals surface area (Å²) in [5, 5.41) is 0. The maximum absolute atomic E-state index is 12.7. The molecule has 0 aliphatic heterocycles. The van der Waals surface area contributed by atoms with Crippen LogP contribution >= 0.6 is 56.8 Å². The van der Waals surface area contributed by atoms with E-state index in [1.54, 1.807) is 13.0 Å². The van der Waals surface area contributed by atoms with Gasteiger partial charge in [0.15, 0.2) is 0 Å². The molecule has 26 heavy (non-hydrogen) atoms. The predicted molar refractivity (Wildman–Crippen MR) is 117 cm³/mol. The number of halogens is 3. The van der Waals surface area contributed by atoms with E-state index in [0.717, 1.165) is 20.0 Å². The Bertz CT molecular complexity index is 593. The zero-order valence-electron chi connectivity index (χ0n) is 14.6. The zero-order valence-corrected chi connectivity index (χ0v) is 19.7. The van der Waals surface area contributed by atoms with E-state index >= 15 is 0 Å². The topological polar surface area (TPSA) is 54.0 Å². The van der Waals surface area contributed by atoms with Crippen molar-refractivity contribution in [2.45, 2.75) is 51.4 Å². The highest BCUT2D eigenvalue weighted by atomic mass is 127. The summed E-state index contributed by atoms with van der Waals surface area (Å²) in [5.41, 5.74) is 0.395. The van der Waals surface area contributed by atoms with E-state index in [1.165, 1.54) is 19.3 Å². The third kappa shape index (κ3) is 7.29. The minimum atomic E-state index is -0.589. The van der Waals surface area contributed by atoms with Crippen molar-refractivity contribution in [3.63, 3.8) is 0 Å². The van der Waals surface area contributed by atoms with E-state index in [1.807, 2.05) is 6.07 Å². The Hall–Kier alpha value is 0.160. The predicted octanol–water partition coefficient (Wildman–Crippen LogP) is 5.34. The molecule has 1 atom stereocenters. The van der Waals surface area contributed by atoms with Crippen molar-refractivity contribution in [1.82, 2.24) is 0 Å². The fourth-order valence-corrected chi connectivity index (χ4v) is 4.94. The lowest BCUT2D eigenvalue weighted by atomic mass is 9.98. The van der Waals surface area contributed by atoms with Crippen molar-refractivity contribution >= 4 is 62.8 Å². The van der Waals surface area contributed by atoms with Crippen LogP contribution in [0.2, 0.25) is 0 Å². The molecule has 1 aromatic rings. The summed E-state index contributed by atoms with van der Waals surface area (Å²) in [6.07, 6.45) is 5.23. The molecule has 0 aromatic heterocycles. The second-order valence-electron chi connectivity index (χ2n) is 6.00. The molecule has 1 aliphatic carbocycles. The Morgan fingerprint density at radius 2 is 1.96 bits per heavy atom. The molecular weight excluding hydrogens is 585 g/mol. The van der Waals surface area contributed by atoms with Crippen LogP contribution in [-0.2, 0) is 14.2 Å². The normalized spacial score (nSPS) is 16.3. The van der Waals surface area contributed by atoms with E-state index in [0.29, 0.717) is 24.5 Å². The van der Waals surface area contributed by atoms with Gasteiger partial charge in [-0.2, -0.15) is 0 Å². The molecule has 0 spiro atoms. The standard InChI is InChI=1S/C18H23ClI2O5/c1-12(25-14-5-3-2-4-6-14)26-18(22)15-9-13(20)10-16(21)17(15)24-8-7-23-11-19/h9-10,12,14H,2-8,11H2,1H3. The van der Waals surface area contributed by atoms with Gasteiger partial charge in [-0.15, -0.1) is 0 Å². The van der Waals surface area contributed by atoms with Gasteiger partial charge in [-0.05, 0) is 77.1 Å². The molecule has 1 saturated carbocycles. The van der Waals surface area contributed by atoms with Crippen LogP contribution in [0.3, 0.4) is 0 Å². The number of benzene rings is 1. The summed E-state index contributed by atoms with van der Waals surface area (Å²) >= 11 is 9.80. The number of hydrogen-bond acceptors (Lipinski definition) is 5. The fraction of sp³-hybridized carbons (Fsp3) is 0.611. The number of alkyl halides is 1. The third-order valence-corrected chi connectivity index (χ3v) is 5.57. The maximum Gasteiger partial charge on any atom is 0.344 e. The minimum Gasteiger partial charge on any atom is -0.489 e. The van der Waals surface area contributed by atoms with Gasteiger partial charge in [0.1, 0.15) is 24.0 Å². The van der Waals surface area contributed by atoms with E-state index in [4.69, 9.17) is 30.5 Å². The summed E-state index contributed by atoms with van der Waals surface area (Å²) in [6, 6.07) is 3.81. The van der Waals surface area contributed by atoms with Crippen molar-refractivity contribution in [3.05, 3.63) is 24.8 Å². The minimum absolute atomic E-state index is 0.109.